The van der Waals surface area contributed by atoms with Crippen LogP contribution in [-0.2, 0) is 11.3 Å². The van der Waals surface area contributed by atoms with Gasteiger partial charge in [0.15, 0.2) is 5.16 Å². The number of pyridine rings is 1. The lowest BCUT2D eigenvalue weighted by atomic mass is 10.1. The second-order valence-corrected chi connectivity index (χ2v) is 9.57. The standard InChI is InChI=1S/C25H27ClN6O3S/c1-17-15-31(11-12-32(17)24(34)18-6-8-20(35-2)9-7-18)22-13-21(26)29-25(30-22)36-16-23(33)28-14-19-5-3-4-10-27-19/h3-10,13,17H,11-12,14-16H2,1-2H3,(H,28,33). The quantitative estimate of drug-likeness (QED) is 0.271. The number of carbonyl (C=O) groups is 2. The number of nitrogens with one attached hydrogen (secondary N) is 1. The minimum absolute atomic E-state index is 0.0153. The van der Waals surface area contributed by atoms with E-state index in [1.54, 1.807) is 43.6 Å². The van der Waals surface area contributed by atoms with Crippen LogP contribution in [-0.4, -0.2) is 70.2 Å². The lowest BCUT2D eigenvalue weighted by Crippen LogP contribution is -2.54. The third kappa shape index (κ3) is 6.64. The van der Waals surface area contributed by atoms with Crippen molar-refractivity contribution in [1.29, 1.82) is 0 Å². The number of halogens is 1. The lowest BCUT2D eigenvalue weighted by Gasteiger charge is -2.40. The van der Waals surface area contributed by atoms with E-state index in [4.69, 9.17) is 16.3 Å². The molecule has 1 aromatic carbocycles. The van der Waals surface area contributed by atoms with E-state index in [9.17, 15) is 9.59 Å². The molecule has 9 nitrogen and oxygen atoms in total. The number of nitrogens with zero attached hydrogens (tertiary/aromatic N) is 5. The van der Waals surface area contributed by atoms with Crippen LogP contribution in [0.2, 0.25) is 5.15 Å². The van der Waals surface area contributed by atoms with Crippen LogP contribution in [0.3, 0.4) is 0 Å². The Morgan fingerprint density at radius 1 is 1.17 bits per heavy atom. The van der Waals surface area contributed by atoms with Gasteiger partial charge in [0, 0.05) is 43.5 Å². The average molecular weight is 527 g/mol. The molecule has 188 valence electrons. The summed E-state index contributed by atoms with van der Waals surface area (Å²) >= 11 is 7.49. The monoisotopic (exact) mass is 526 g/mol. The molecule has 0 radical (unpaired) electrons. The topological polar surface area (TPSA) is 101 Å². The molecule has 0 spiro atoms. The number of rotatable bonds is 8. The molecule has 3 aromatic rings. The van der Waals surface area contributed by atoms with Gasteiger partial charge in [0.1, 0.15) is 16.7 Å². The second-order valence-electron chi connectivity index (χ2n) is 8.24. The van der Waals surface area contributed by atoms with E-state index in [1.807, 2.05) is 30.0 Å². The largest absolute Gasteiger partial charge is 0.497 e. The van der Waals surface area contributed by atoms with Gasteiger partial charge in [-0.25, -0.2) is 9.97 Å². The maximum absolute atomic E-state index is 13.0. The molecule has 0 aliphatic carbocycles. The first-order valence-electron chi connectivity index (χ1n) is 11.5. The predicted octanol–water partition coefficient (Wildman–Crippen LogP) is 3.29. The van der Waals surface area contributed by atoms with Crippen molar-refractivity contribution in [2.45, 2.75) is 24.7 Å². The van der Waals surface area contributed by atoms with E-state index in [0.717, 1.165) is 5.69 Å². The molecule has 2 aromatic heterocycles. The summed E-state index contributed by atoms with van der Waals surface area (Å²) in [5.41, 5.74) is 1.41. The predicted molar refractivity (Wildman–Crippen MR) is 140 cm³/mol. The first kappa shape index (κ1) is 25.7. The number of methoxy groups -OCH3 is 1. The maximum atomic E-state index is 13.0. The van der Waals surface area contributed by atoms with Gasteiger partial charge in [-0.3, -0.25) is 14.6 Å². The van der Waals surface area contributed by atoms with Gasteiger partial charge in [0.2, 0.25) is 5.91 Å². The number of amides is 2. The summed E-state index contributed by atoms with van der Waals surface area (Å²) in [5.74, 6) is 1.39. The Labute approximate surface area is 219 Å². The highest BCUT2D eigenvalue weighted by Crippen LogP contribution is 2.25. The first-order valence-corrected chi connectivity index (χ1v) is 12.8. The summed E-state index contributed by atoms with van der Waals surface area (Å²) in [4.78, 5) is 42.3. The number of anilines is 1. The smallest absolute Gasteiger partial charge is 0.254 e. The molecule has 3 heterocycles. The summed E-state index contributed by atoms with van der Waals surface area (Å²) in [5, 5.41) is 3.57. The molecular weight excluding hydrogens is 500 g/mol. The zero-order chi connectivity index (χ0) is 25.5. The highest BCUT2D eigenvalue weighted by atomic mass is 35.5. The molecule has 0 saturated carbocycles. The average Bonchev–Trinajstić information content (AvgIpc) is 2.90. The Morgan fingerprint density at radius 2 is 1.97 bits per heavy atom. The van der Waals surface area contributed by atoms with Crippen LogP contribution in [0.15, 0.2) is 59.9 Å². The van der Waals surface area contributed by atoms with Crippen LogP contribution in [0.1, 0.15) is 23.0 Å². The van der Waals surface area contributed by atoms with Gasteiger partial charge in [0.25, 0.3) is 5.91 Å². The van der Waals surface area contributed by atoms with Gasteiger partial charge < -0.3 is 19.9 Å². The number of piperazine rings is 1. The van der Waals surface area contributed by atoms with Crippen molar-refractivity contribution in [3.8, 4) is 5.75 Å². The molecule has 1 aliphatic rings. The van der Waals surface area contributed by atoms with Gasteiger partial charge in [-0.1, -0.05) is 29.4 Å². The number of carbonyl (C=O) groups excluding carboxylic acids is 2. The molecule has 2 amide bonds. The third-order valence-electron chi connectivity index (χ3n) is 5.74. The Balaban J connectivity index is 1.33. The molecule has 11 heteroatoms. The number of hydrogen-bond acceptors (Lipinski definition) is 8. The number of benzene rings is 1. The van der Waals surface area contributed by atoms with Gasteiger partial charge in [-0.15, -0.1) is 0 Å². The molecule has 1 unspecified atom stereocenters. The van der Waals surface area contributed by atoms with Crippen molar-refractivity contribution < 1.29 is 14.3 Å². The number of hydrogen-bond donors (Lipinski definition) is 1. The summed E-state index contributed by atoms with van der Waals surface area (Å²) in [6.07, 6.45) is 1.69. The van der Waals surface area contributed by atoms with Crippen LogP contribution < -0.4 is 15.0 Å². The molecule has 36 heavy (non-hydrogen) atoms. The molecule has 1 saturated heterocycles. The number of aromatic nitrogens is 3. The van der Waals surface area contributed by atoms with Crippen LogP contribution in [0, 0.1) is 0 Å². The van der Waals surface area contributed by atoms with Crippen LogP contribution in [0.5, 0.6) is 5.75 Å². The van der Waals surface area contributed by atoms with Crippen molar-refractivity contribution in [2.24, 2.45) is 0 Å². The molecule has 4 rings (SSSR count). The van der Waals surface area contributed by atoms with Crippen molar-refractivity contribution >= 4 is 41.0 Å². The van der Waals surface area contributed by atoms with E-state index in [2.05, 4.69) is 25.2 Å². The normalized spacial score (nSPS) is 15.5. The second kappa shape index (κ2) is 12.0. The first-order chi connectivity index (χ1) is 17.4. The molecule has 0 bridgehead atoms. The summed E-state index contributed by atoms with van der Waals surface area (Å²) in [6, 6.07) is 14.4. The molecular formula is C25H27ClN6O3S. The highest BCUT2D eigenvalue weighted by molar-refractivity contribution is 7.99. The third-order valence-corrected chi connectivity index (χ3v) is 6.78. The van der Waals surface area contributed by atoms with Crippen molar-refractivity contribution in [2.75, 3.05) is 37.4 Å². The van der Waals surface area contributed by atoms with Gasteiger partial charge in [-0.05, 0) is 43.3 Å². The van der Waals surface area contributed by atoms with Crippen LogP contribution >= 0.6 is 23.4 Å². The van der Waals surface area contributed by atoms with Crippen molar-refractivity contribution in [3.05, 3.63) is 71.1 Å². The van der Waals surface area contributed by atoms with E-state index < -0.39 is 0 Å². The molecule has 1 aliphatic heterocycles. The fraction of sp³-hybridized carbons (Fsp3) is 0.320. The Bertz CT molecular complexity index is 1200. The molecule has 1 atom stereocenters. The fourth-order valence-corrected chi connectivity index (χ4v) is 4.76. The minimum Gasteiger partial charge on any atom is -0.497 e. The summed E-state index contributed by atoms with van der Waals surface area (Å²) < 4.78 is 5.18. The summed E-state index contributed by atoms with van der Waals surface area (Å²) in [7, 11) is 1.60. The van der Waals surface area contributed by atoms with Crippen molar-refractivity contribution in [3.63, 3.8) is 0 Å². The number of ether oxygens (including phenoxy) is 1. The van der Waals surface area contributed by atoms with Crippen molar-refractivity contribution in [1.82, 2.24) is 25.2 Å². The summed E-state index contributed by atoms with van der Waals surface area (Å²) in [6.45, 7) is 4.13. The minimum atomic E-state index is -0.143. The van der Waals surface area contributed by atoms with Gasteiger partial charge in [0.05, 0.1) is 25.1 Å². The Kier molecular flexibility index (Phi) is 8.61. The van der Waals surface area contributed by atoms with E-state index in [1.165, 1.54) is 11.8 Å². The lowest BCUT2D eigenvalue weighted by molar-refractivity contribution is -0.118. The van der Waals surface area contributed by atoms with Gasteiger partial charge >= 0.3 is 0 Å². The van der Waals surface area contributed by atoms with Crippen LogP contribution in [0.25, 0.3) is 0 Å². The molecule has 1 N–H and O–H groups in total. The maximum Gasteiger partial charge on any atom is 0.254 e. The van der Waals surface area contributed by atoms with Gasteiger partial charge in [-0.2, -0.15) is 0 Å². The van der Waals surface area contributed by atoms with E-state index in [0.29, 0.717) is 53.6 Å². The fourth-order valence-electron chi connectivity index (χ4n) is 3.85. The zero-order valence-corrected chi connectivity index (χ0v) is 21.6. The van der Waals surface area contributed by atoms with Crippen LogP contribution in [0.4, 0.5) is 5.82 Å². The van der Waals surface area contributed by atoms with E-state index >= 15 is 0 Å². The molecule has 1 fully saturated rings. The Morgan fingerprint density at radius 3 is 2.67 bits per heavy atom. The number of thioether (sulfide) groups is 1. The Hall–Kier alpha value is -3.37. The highest BCUT2D eigenvalue weighted by Gasteiger charge is 2.29. The SMILES string of the molecule is COc1ccc(C(=O)N2CCN(c3cc(Cl)nc(SCC(=O)NCc4ccccn4)n3)CC2C)cc1. The zero-order valence-electron chi connectivity index (χ0n) is 20.1. The van der Waals surface area contributed by atoms with E-state index in [-0.39, 0.29) is 23.6 Å².